The molecule has 0 aromatic carbocycles. The Morgan fingerprint density at radius 1 is 1.00 bits per heavy atom. The molecule has 1 saturated carbocycles. The molecule has 4 heterocycles. The van der Waals surface area contributed by atoms with Gasteiger partial charge in [-0.2, -0.15) is 0 Å². The number of hydrogen-bond donors (Lipinski definition) is 0. The highest BCUT2D eigenvalue weighted by Gasteiger charge is 2.37. The van der Waals surface area contributed by atoms with Crippen LogP contribution in [0.4, 0.5) is 0 Å². The van der Waals surface area contributed by atoms with Crippen molar-refractivity contribution in [2.45, 2.75) is 63.5 Å². The van der Waals surface area contributed by atoms with E-state index in [0.717, 1.165) is 37.3 Å². The van der Waals surface area contributed by atoms with Gasteiger partial charge in [0.1, 0.15) is 5.82 Å². The van der Waals surface area contributed by atoms with Crippen molar-refractivity contribution in [2.75, 3.05) is 25.9 Å². The van der Waals surface area contributed by atoms with Crippen LogP contribution in [0, 0.1) is 5.92 Å². The first kappa shape index (κ1) is 18.3. The zero-order valence-electron chi connectivity index (χ0n) is 15.7. The van der Waals surface area contributed by atoms with Gasteiger partial charge in [0.25, 0.3) is 0 Å². The van der Waals surface area contributed by atoms with Crippen LogP contribution in [-0.2, 0) is 16.6 Å². The number of fused-ring (bicyclic) bond motifs is 4. The molecule has 1 aromatic rings. The van der Waals surface area contributed by atoms with Crippen molar-refractivity contribution in [1.82, 2.24) is 19.2 Å². The van der Waals surface area contributed by atoms with Crippen LogP contribution < -0.4 is 0 Å². The lowest BCUT2D eigenvalue weighted by Crippen LogP contribution is -2.43. The molecule has 6 nitrogen and oxygen atoms in total. The number of sulfonamides is 1. The van der Waals surface area contributed by atoms with Gasteiger partial charge in [0.05, 0.1) is 6.26 Å². The first-order valence-corrected chi connectivity index (χ1v) is 11.8. The first-order chi connectivity index (χ1) is 12.5. The van der Waals surface area contributed by atoms with Crippen LogP contribution in [0.1, 0.15) is 62.3 Å². The summed E-state index contributed by atoms with van der Waals surface area (Å²) in [7, 11) is -3.11. The van der Waals surface area contributed by atoms with Crippen molar-refractivity contribution in [2.24, 2.45) is 5.92 Å². The summed E-state index contributed by atoms with van der Waals surface area (Å²) in [6.45, 7) is 3.09. The maximum atomic E-state index is 12.0. The van der Waals surface area contributed by atoms with E-state index in [1.54, 1.807) is 4.31 Å². The molecule has 4 fully saturated rings. The van der Waals surface area contributed by atoms with Gasteiger partial charge in [-0.15, -0.1) is 0 Å². The topological polar surface area (TPSA) is 66.4 Å². The molecule has 1 aliphatic carbocycles. The van der Waals surface area contributed by atoms with Gasteiger partial charge in [-0.05, 0) is 31.6 Å². The Balaban J connectivity index is 1.42. The summed E-state index contributed by atoms with van der Waals surface area (Å²) in [5.41, 5.74) is 1.14. The maximum Gasteiger partial charge on any atom is 0.211 e. The predicted molar refractivity (Wildman–Crippen MR) is 101 cm³/mol. The minimum absolute atomic E-state index is 0.307. The Hall–Kier alpha value is -1.05. The number of aromatic nitrogens is 2. The van der Waals surface area contributed by atoms with E-state index in [-0.39, 0.29) is 0 Å². The summed E-state index contributed by atoms with van der Waals surface area (Å²) in [6, 6.07) is 0.307. The largest absolute Gasteiger partial charge is 0.294 e. The number of nitrogens with zero attached hydrogens (tertiary/aromatic N) is 4. The van der Waals surface area contributed by atoms with Gasteiger partial charge >= 0.3 is 0 Å². The van der Waals surface area contributed by atoms with Crippen LogP contribution in [0.5, 0.6) is 0 Å². The Bertz CT molecular complexity index is 716. The molecule has 0 amide bonds. The molecule has 0 unspecified atom stereocenters. The molecule has 26 heavy (non-hydrogen) atoms. The SMILES string of the molecule is CS(=O)(=O)N1C[C@H]2CC[C@@H](C1)N(Cc1cnc(C3CCCCC3)nc1)C2. The molecule has 4 aliphatic rings. The monoisotopic (exact) mass is 378 g/mol. The molecular weight excluding hydrogens is 348 g/mol. The Morgan fingerprint density at radius 2 is 1.73 bits per heavy atom. The fourth-order valence-electron chi connectivity index (χ4n) is 4.85. The van der Waals surface area contributed by atoms with Crippen molar-refractivity contribution in [1.29, 1.82) is 0 Å². The average Bonchev–Trinajstić information content (AvgIpc) is 2.95. The lowest BCUT2D eigenvalue weighted by Gasteiger charge is -2.36. The van der Waals surface area contributed by atoms with Crippen molar-refractivity contribution < 1.29 is 8.42 Å². The highest BCUT2D eigenvalue weighted by atomic mass is 32.2. The first-order valence-electron chi connectivity index (χ1n) is 9.99. The molecule has 7 heteroatoms. The number of piperidine rings is 1. The molecule has 1 aromatic heterocycles. The summed E-state index contributed by atoms with van der Waals surface area (Å²) in [4.78, 5) is 11.8. The van der Waals surface area contributed by atoms with Gasteiger partial charge in [0.2, 0.25) is 10.0 Å². The third-order valence-corrected chi connectivity index (χ3v) is 7.58. The van der Waals surface area contributed by atoms with Crippen molar-refractivity contribution >= 4 is 10.0 Å². The van der Waals surface area contributed by atoms with Gasteiger partial charge < -0.3 is 0 Å². The smallest absolute Gasteiger partial charge is 0.211 e. The molecule has 5 rings (SSSR count). The minimum atomic E-state index is -3.11. The highest BCUT2D eigenvalue weighted by molar-refractivity contribution is 7.88. The number of hydrogen-bond acceptors (Lipinski definition) is 5. The summed E-state index contributed by atoms with van der Waals surface area (Å²) < 4.78 is 25.7. The third-order valence-electron chi connectivity index (χ3n) is 6.34. The van der Waals surface area contributed by atoms with Crippen molar-refractivity contribution in [3.63, 3.8) is 0 Å². The van der Waals surface area contributed by atoms with Crippen LogP contribution in [0.15, 0.2) is 12.4 Å². The second kappa shape index (κ2) is 7.52. The molecule has 0 spiro atoms. The van der Waals surface area contributed by atoms with Crippen molar-refractivity contribution in [3.05, 3.63) is 23.8 Å². The lowest BCUT2D eigenvalue weighted by molar-refractivity contribution is 0.125. The predicted octanol–water partition coefficient (Wildman–Crippen LogP) is 2.38. The molecule has 0 radical (unpaired) electrons. The van der Waals surface area contributed by atoms with E-state index in [1.165, 1.54) is 38.4 Å². The molecule has 2 atom stereocenters. The lowest BCUT2D eigenvalue weighted by atomic mass is 9.89. The Kier molecular flexibility index (Phi) is 5.30. The summed E-state index contributed by atoms with van der Waals surface area (Å²) in [5, 5.41) is 0. The molecule has 2 bridgehead atoms. The molecule has 0 N–H and O–H groups in total. The summed E-state index contributed by atoms with van der Waals surface area (Å²) in [5.74, 6) is 1.98. The van der Waals surface area contributed by atoms with E-state index >= 15 is 0 Å². The van der Waals surface area contributed by atoms with E-state index < -0.39 is 10.0 Å². The van der Waals surface area contributed by atoms with Gasteiger partial charge in [-0.1, -0.05) is 19.3 Å². The van der Waals surface area contributed by atoms with E-state index in [2.05, 4.69) is 14.9 Å². The van der Waals surface area contributed by atoms with Gasteiger partial charge in [0, 0.05) is 56.1 Å². The van der Waals surface area contributed by atoms with Crippen LogP contribution in [0.3, 0.4) is 0 Å². The van der Waals surface area contributed by atoms with Crippen LogP contribution >= 0.6 is 0 Å². The third kappa shape index (κ3) is 4.10. The number of rotatable bonds is 4. The normalized spacial score (nSPS) is 29.0. The highest BCUT2D eigenvalue weighted by Crippen LogP contribution is 2.32. The summed E-state index contributed by atoms with van der Waals surface area (Å²) in [6.07, 6.45) is 13.9. The summed E-state index contributed by atoms with van der Waals surface area (Å²) >= 11 is 0. The second-order valence-corrected chi connectivity index (χ2v) is 10.4. The Labute approximate surface area is 157 Å². The van der Waals surface area contributed by atoms with E-state index in [9.17, 15) is 8.42 Å². The van der Waals surface area contributed by atoms with Crippen LogP contribution in [0.25, 0.3) is 0 Å². The molecule has 3 aliphatic heterocycles. The van der Waals surface area contributed by atoms with Crippen molar-refractivity contribution in [3.8, 4) is 0 Å². The van der Waals surface area contributed by atoms with E-state index in [4.69, 9.17) is 0 Å². The average molecular weight is 379 g/mol. The van der Waals surface area contributed by atoms with E-state index in [0.29, 0.717) is 31.0 Å². The van der Waals surface area contributed by atoms with Gasteiger partial charge in [0.15, 0.2) is 0 Å². The fraction of sp³-hybridized carbons (Fsp3) is 0.789. The quantitative estimate of drug-likeness (QED) is 0.805. The van der Waals surface area contributed by atoms with Gasteiger partial charge in [-0.25, -0.2) is 22.7 Å². The molecular formula is C19H30N4O2S. The van der Waals surface area contributed by atoms with E-state index in [1.807, 2.05) is 12.4 Å². The van der Waals surface area contributed by atoms with Crippen LogP contribution in [0.2, 0.25) is 0 Å². The molecule has 3 saturated heterocycles. The Morgan fingerprint density at radius 3 is 2.42 bits per heavy atom. The maximum absolute atomic E-state index is 12.0. The second-order valence-electron chi connectivity index (χ2n) is 8.39. The zero-order chi connectivity index (χ0) is 18.1. The zero-order valence-corrected chi connectivity index (χ0v) is 16.5. The molecule has 144 valence electrons. The van der Waals surface area contributed by atoms with Gasteiger partial charge in [-0.3, -0.25) is 4.90 Å². The minimum Gasteiger partial charge on any atom is -0.294 e. The van der Waals surface area contributed by atoms with Crippen LogP contribution in [-0.4, -0.2) is 59.5 Å². The fourth-order valence-corrected chi connectivity index (χ4v) is 5.78. The standard InChI is InChI=1S/C19H30N4O2S/c1-26(24,25)23-13-15-7-8-18(14-23)22(11-15)12-16-9-20-19(21-10-16)17-5-3-2-4-6-17/h9-10,15,17-18H,2-8,11-14H2,1H3/t15-,18-/m0/s1.